The summed E-state index contributed by atoms with van der Waals surface area (Å²) in [7, 11) is 2.05. The van der Waals surface area contributed by atoms with Crippen molar-refractivity contribution in [3.63, 3.8) is 0 Å². The van der Waals surface area contributed by atoms with Gasteiger partial charge in [0.1, 0.15) is 6.04 Å². The van der Waals surface area contributed by atoms with Crippen LogP contribution in [0.4, 0.5) is 11.4 Å². The summed E-state index contributed by atoms with van der Waals surface area (Å²) in [4.78, 5) is 44.3. The monoisotopic (exact) mass is 372 g/mol. The van der Waals surface area contributed by atoms with Crippen LogP contribution in [0.3, 0.4) is 0 Å². The van der Waals surface area contributed by atoms with Crippen LogP contribution >= 0.6 is 0 Å². The quantitative estimate of drug-likeness (QED) is 0.697. The lowest BCUT2D eigenvalue weighted by atomic mass is 10.1. The maximum absolute atomic E-state index is 12.6. The lowest BCUT2D eigenvalue weighted by Crippen LogP contribution is -2.55. The molecule has 144 valence electrons. The largest absolute Gasteiger partial charge is 0.340 e. The van der Waals surface area contributed by atoms with Crippen molar-refractivity contribution >= 4 is 35.1 Å². The van der Waals surface area contributed by atoms with Crippen LogP contribution in [0, 0.1) is 0 Å². The number of nitrogens with zero attached hydrogens (tertiary/aromatic N) is 3. The summed E-state index contributed by atoms with van der Waals surface area (Å²) in [5, 5.41) is 8.22. The van der Waals surface area contributed by atoms with Gasteiger partial charge in [-0.2, -0.15) is 0 Å². The zero-order valence-electron chi connectivity index (χ0n) is 15.5. The molecule has 27 heavy (non-hydrogen) atoms. The van der Waals surface area contributed by atoms with Crippen LogP contribution in [0.2, 0.25) is 0 Å². The molecular weight excluding hydrogens is 348 g/mol. The Bertz CT molecular complexity index is 753. The Morgan fingerprint density at radius 3 is 2.26 bits per heavy atom. The second-order valence-corrected chi connectivity index (χ2v) is 6.76. The minimum atomic E-state index is -0.761. The van der Waals surface area contributed by atoms with E-state index in [-0.39, 0.29) is 24.1 Å². The van der Waals surface area contributed by atoms with Gasteiger partial charge in [0.2, 0.25) is 23.7 Å². The molecule has 1 fully saturated rings. The van der Waals surface area contributed by atoms with Crippen molar-refractivity contribution in [3.05, 3.63) is 24.3 Å². The number of anilines is 2. The first kappa shape index (κ1) is 18.8. The van der Waals surface area contributed by atoms with Crippen molar-refractivity contribution in [1.29, 1.82) is 0 Å². The molecule has 1 aromatic carbocycles. The highest BCUT2D eigenvalue weighted by atomic mass is 16.2. The Kier molecular flexibility index (Phi) is 5.70. The highest BCUT2D eigenvalue weighted by Crippen LogP contribution is 2.16. The molecule has 0 aliphatic carbocycles. The van der Waals surface area contributed by atoms with Crippen LogP contribution in [0.1, 0.15) is 13.3 Å². The predicted octanol–water partition coefficient (Wildman–Crippen LogP) is 0.0754. The number of nitrogens with one attached hydrogen (secondary N) is 3. The SMILES string of the molecule is CC(=O)Nc1ccc(NC(=O)[C@@H]2CC(=O)NC(N3CCN(C)CC3)=N2)cc1. The predicted molar refractivity (Wildman–Crippen MR) is 102 cm³/mol. The first-order valence-corrected chi connectivity index (χ1v) is 8.90. The van der Waals surface area contributed by atoms with E-state index in [0.29, 0.717) is 17.3 Å². The van der Waals surface area contributed by atoms with E-state index in [4.69, 9.17) is 0 Å². The summed E-state index contributed by atoms with van der Waals surface area (Å²) >= 11 is 0. The summed E-state index contributed by atoms with van der Waals surface area (Å²) in [5.74, 6) is -0.227. The van der Waals surface area contributed by atoms with Gasteiger partial charge in [-0.3, -0.25) is 19.7 Å². The second-order valence-electron chi connectivity index (χ2n) is 6.76. The lowest BCUT2D eigenvalue weighted by Gasteiger charge is -2.36. The normalized spacial score (nSPS) is 20.5. The molecule has 0 spiro atoms. The molecule has 1 atom stereocenters. The van der Waals surface area contributed by atoms with Gasteiger partial charge in [0.05, 0.1) is 6.42 Å². The molecule has 2 aliphatic heterocycles. The van der Waals surface area contributed by atoms with E-state index in [1.54, 1.807) is 24.3 Å². The minimum Gasteiger partial charge on any atom is -0.340 e. The molecule has 9 heteroatoms. The summed E-state index contributed by atoms with van der Waals surface area (Å²) in [6, 6.07) is 6.02. The van der Waals surface area contributed by atoms with E-state index in [2.05, 4.69) is 25.8 Å². The van der Waals surface area contributed by atoms with Gasteiger partial charge in [0, 0.05) is 44.5 Å². The third-order valence-corrected chi connectivity index (χ3v) is 4.49. The summed E-state index contributed by atoms with van der Waals surface area (Å²) in [6.45, 7) is 4.71. The molecule has 0 radical (unpaired) electrons. The van der Waals surface area contributed by atoms with Gasteiger partial charge in [-0.25, -0.2) is 4.99 Å². The number of aliphatic imine (C=N–C) groups is 1. The molecule has 9 nitrogen and oxygen atoms in total. The number of carbonyl (C=O) groups excluding carboxylic acids is 3. The number of guanidine groups is 1. The van der Waals surface area contributed by atoms with Crippen LogP contribution in [-0.4, -0.2) is 72.7 Å². The Labute approximate surface area is 157 Å². The number of amides is 3. The maximum Gasteiger partial charge on any atom is 0.249 e. The van der Waals surface area contributed by atoms with E-state index in [1.165, 1.54) is 6.92 Å². The van der Waals surface area contributed by atoms with Crippen molar-refractivity contribution in [1.82, 2.24) is 15.1 Å². The van der Waals surface area contributed by atoms with Crippen molar-refractivity contribution in [2.45, 2.75) is 19.4 Å². The first-order chi connectivity index (χ1) is 12.9. The highest BCUT2D eigenvalue weighted by molar-refractivity contribution is 6.06. The van der Waals surface area contributed by atoms with Gasteiger partial charge >= 0.3 is 0 Å². The first-order valence-electron chi connectivity index (χ1n) is 8.90. The number of carbonyl (C=O) groups is 3. The number of likely N-dealkylation sites (N-methyl/N-ethyl adjacent to an activating group) is 1. The van der Waals surface area contributed by atoms with Crippen molar-refractivity contribution in [3.8, 4) is 0 Å². The molecule has 2 aliphatic rings. The minimum absolute atomic E-state index is 0.0209. The van der Waals surface area contributed by atoms with Crippen LogP contribution in [0.15, 0.2) is 29.3 Å². The van der Waals surface area contributed by atoms with Crippen molar-refractivity contribution in [2.75, 3.05) is 43.9 Å². The number of hydrogen-bond acceptors (Lipinski definition) is 6. The molecule has 1 saturated heterocycles. The van der Waals surface area contributed by atoms with Crippen LogP contribution < -0.4 is 16.0 Å². The molecule has 1 aromatic rings. The summed E-state index contributed by atoms with van der Waals surface area (Å²) in [6.07, 6.45) is 0.0209. The number of rotatable bonds is 3. The number of benzene rings is 1. The maximum atomic E-state index is 12.6. The third-order valence-electron chi connectivity index (χ3n) is 4.49. The van der Waals surface area contributed by atoms with Gasteiger partial charge in [0.15, 0.2) is 0 Å². The van der Waals surface area contributed by atoms with Crippen LogP contribution in [-0.2, 0) is 14.4 Å². The van der Waals surface area contributed by atoms with Crippen LogP contribution in [0.5, 0.6) is 0 Å². The van der Waals surface area contributed by atoms with Gasteiger partial charge in [0.25, 0.3) is 0 Å². The zero-order valence-corrected chi connectivity index (χ0v) is 15.5. The van der Waals surface area contributed by atoms with E-state index in [1.807, 2.05) is 11.9 Å². The average molecular weight is 372 g/mol. The van der Waals surface area contributed by atoms with Gasteiger partial charge < -0.3 is 20.4 Å². The molecule has 3 rings (SSSR count). The van der Waals surface area contributed by atoms with E-state index in [9.17, 15) is 14.4 Å². The summed E-state index contributed by atoms with van der Waals surface area (Å²) < 4.78 is 0. The Hall–Kier alpha value is -2.94. The molecule has 3 N–H and O–H groups in total. The second kappa shape index (κ2) is 8.17. The highest BCUT2D eigenvalue weighted by Gasteiger charge is 2.30. The van der Waals surface area contributed by atoms with Crippen LogP contribution in [0.25, 0.3) is 0 Å². The smallest absolute Gasteiger partial charge is 0.249 e. The summed E-state index contributed by atoms with van der Waals surface area (Å²) in [5.41, 5.74) is 1.23. The number of hydrogen-bond donors (Lipinski definition) is 3. The fraction of sp³-hybridized carbons (Fsp3) is 0.444. The van der Waals surface area contributed by atoms with E-state index >= 15 is 0 Å². The molecular formula is C18H24N6O3. The fourth-order valence-corrected chi connectivity index (χ4v) is 2.97. The molecule has 0 bridgehead atoms. The van der Waals surface area contributed by atoms with Crippen molar-refractivity contribution < 1.29 is 14.4 Å². The van der Waals surface area contributed by atoms with E-state index < -0.39 is 6.04 Å². The third kappa shape index (κ3) is 5.04. The van der Waals surface area contributed by atoms with Gasteiger partial charge in [-0.1, -0.05) is 0 Å². The Morgan fingerprint density at radius 2 is 1.67 bits per heavy atom. The number of piperazine rings is 1. The Morgan fingerprint density at radius 1 is 1.07 bits per heavy atom. The molecule has 2 heterocycles. The molecule has 3 amide bonds. The fourth-order valence-electron chi connectivity index (χ4n) is 2.97. The standard InChI is InChI=1S/C18H24N6O3/c1-12(25)19-13-3-5-14(6-4-13)20-17(27)15-11-16(26)22-18(21-15)24-9-7-23(2)8-10-24/h3-6,15H,7-11H2,1-2H3,(H,19,25)(H,20,27)(H,21,22,26)/t15-/m0/s1. The van der Waals surface area contributed by atoms with Gasteiger partial charge in [-0.15, -0.1) is 0 Å². The Balaban J connectivity index is 1.65. The average Bonchev–Trinajstić information content (AvgIpc) is 2.63. The topological polar surface area (TPSA) is 106 Å². The zero-order chi connectivity index (χ0) is 19.4. The molecule has 0 saturated carbocycles. The van der Waals surface area contributed by atoms with E-state index in [0.717, 1.165) is 26.2 Å². The molecule has 0 unspecified atom stereocenters. The molecule has 0 aromatic heterocycles. The van der Waals surface area contributed by atoms with Crippen molar-refractivity contribution in [2.24, 2.45) is 4.99 Å². The van der Waals surface area contributed by atoms with Gasteiger partial charge in [-0.05, 0) is 31.3 Å². The lowest BCUT2D eigenvalue weighted by molar-refractivity contribution is -0.125.